The Labute approximate surface area is 156 Å². The van der Waals surface area contributed by atoms with Crippen LogP contribution in [0.3, 0.4) is 0 Å². The fourth-order valence-electron chi connectivity index (χ4n) is 2.67. The summed E-state index contributed by atoms with van der Waals surface area (Å²) in [6, 6.07) is 9.31. The molecule has 0 saturated heterocycles. The number of para-hydroxylation sites is 1. The molecule has 2 aromatic heterocycles. The molecule has 0 saturated carbocycles. The maximum atomic E-state index is 12.5. The van der Waals surface area contributed by atoms with Crippen LogP contribution in [0.25, 0.3) is 0 Å². The number of nitrogens with zero attached hydrogens (tertiary/aromatic N) is 3. The van der Waals surface area contributed by atoms with Crippen molar-refractivity contribution in [1.82, 2.24) is 20.1 Å². The smallest absolute Gasteiger partial charge is 0.255 e. The summed E-state index contributed by atoms with van der Waals surface area (Å²) < 4.78 is 7.73. The van der Waals surface area contributed by atoms with Crippen molar-refractivity contribution in [3.63, 3.8) is 0 Å². The maximum Gasteiger partial charge on any atom is 0.255 e. The van der Waals surface area contributed by atoms with Gasteiger partial charge >= 0.3 is 0 Å². The zero-order chi connectivity index (χ0) is 18.4. The van der Waals surface area contributed by atoms with Gasteiger partial charge in [0.15, 0.2) is 0 Å². The minimum atomic E-state index is -0.132. The largest absolute Gasteiger partial charge is 0.486 e. The Hall–Kier alpha value is -2.67. The van der Waals surface area contributed by atoms with E-state index in [0.717, 1.165) is 30.0 Å². The summed E-state index contributed by atoms with van der Waals surface area (Å²) in [6.07, 6.45) is 0.815. The minimum absolute atomic E-state index is 0.132. The van der Waals surface area contributed by atoms with Gasteiger partial charge in [0.1, 0.15) is 12.4 Å². The lowest BCUT2D eigenvalue weighted by Gasteiger charge is -2.11. The van der Waals surface area contributed by atoms with Crippen molar-refractivity contribution in [3.05, 3.63) is 63.9 Å². The average molecular weight is 370 g/mol. The summed E-state index contributed by atoms with van der Waals surface area (Å²) in [6.45, 7) is 5.73. The molecule has 26 heavy (non-hydrogen) atoms. The highest BCUT2D eigenvalue weighted by atomic mass is 32.1. The summed E-state index contributed by atoms with van der Waals surface area (Å²) in [5, 5.41) is 9.31. The second-order valence-electron chi connectivity index (χ2n) is 6.02. The zero-order valence-electron chi connectivity index (χ0n) is 14.9. The first kappa shape index (κ1) is 18.1. The van der Waals surface area contributed by atoms with Crippen LogP contribution in [-0.4, -0.2) is 27.2 Å². The number of carbonyl (C=O) groups is 1. The van der Waals surface area contributed by atoms with Crippen molar-refractivity contribution in [3.8, 4) is 5.75 Å². The lowest BCUT2D eigenvalue weighted by molar-refractivity contribution is 0.0948. The molecule has 0 aliphatic rings. The molecule has 0 aliphatic carbocycles. The van der Waals surface area contributed by atoms with Crippen LogP contribution < -0.4 is 10.1 Å². The number of nitrogens with one attached hydrogen (secondary N) is 1. The Morgan fingerprint density at radius 2 is 2.15 bits per heavy atom. The average Bonchev–Trinajstić information content (AvgIpc) is 3.26. The number of aromatic nitrogens is 3. The molecule has 3 rings (SSSR count). The topological polar surface area (TPSA) is 69.0 Å². The zero-order valence-corrected chi connectivity index (χ0v) is 15.8. The molecule has 2 heterocycles. The van der Waals surface area contributed by atoms with E-state index in [1.54, 1.807) is 17.6 Å². The van der Waals surface area contributed by atoms with Gasteiger partial charge in [0.25, 0.3) is 5.91 Å². The molecular weight excluding hydrogens is 348 g/mol. The first-order valence-electron chi connectivity index (χ1n) is 8.51. The first-order chi connectivity index (χ1) is 12.6. The predicted octanol–water partition coefficient (Wildman–Crippen LogP) is 3.36. The third kappa shape index (κ3) is 4.70. The molecule has 136 valence electrons. The van der Waals surface area contributed by atoms with Crippen LogP contribution in [0, 0.1) is 13.8 Å². The van der Waals surface area contributed by atoms with E-state index >= 15 is 0 Å². The second kappa shape index (κ2) is 8.62. The van der Waals surface area contributed by atoms with Crippen LogP contribution >= 0.6 is 11.3 Å². The Kier molecular flexibility index (Phi) is 6.01. The SMILES string of the molecule is Cc1cc(C)n(CCCNC(=O)c2ccccc2OCc2cscn2)n1. The van der Waals surface area contributed by atoms with E-state index in [1.165, 1.54) is 11.3 Å². The second-order valence-corrected chi connectivity index (χ2v) is 6.74. The van der Waals surface area contributed by atoms with E-state index in [-0.39, 0.29) is 5.91 Å². The molecule has 0 fully saturated rings. The molecule has 3 aromatic rings. The quantitative estimate of drug-likeness (QED) is 0.618. The number of aryl methyl sites for hydroxylation is 3. The van der Waals surface area contributed by atoms with E-state index in [4.69, 9.17) is 4.74 Å². The number of amides is 1. The van der Waals surface area contributed by atoms with Gasteiger partial charge in [-0.1, -0.05) is 12.1 Å². The van der Waals surface area contributed by atoms with Gasteiger partial charge in [0.05, 0.1) is 22.5 Å². The fraction of sp³-hybridized carbons (Fsp3) is 0.316. The molecule has 0 aliphatic heterocycles. The van der Waals surface area contributed by atoms with Crippen LogP contribution in [0.1, 0.15) is 33.9 Å². The minimum Gasteiger partial charge on any atom is -0.486 e. The maximum absolute atomic E-state index is 12.5. The van der Waals surface area contributed by atoms with Crippen molar-refractivity contribution >= 4 is 17.2 Å². The molecule has 1 amide bonds. The monoisotopic (exact) mass is 370 g/mol. The van der Waals surface area contributed by atoms with E-state index in [0.29, 0.717) is 24.5 Å². The Balaban J connectivity index is 1.51. The summed E-state index contributed by atoms with van der Waals surface area (Å²) >= 11 is 1.52. The summed E-state index contributed by atoms with van der Waals surface area (Å²) in [5.41, 5.74) is 5.30. The van der Waals surface area contributed by atoms with Crippen molar-refractivity contribution in [2.75, 3.05) is 6.54 Å². The van der Waals surface area contributed by atoms with Crippen molar-refractivity contribution in [2.45, 2.75) is 33.4 Å². The van der Waals surface area contributed by atoms with Crippen molar-refractivity contribution in [1.29, 1.82) is 0 Å². The summed E-state index contributed by atoms with van der Waals surface area (Å²) in [7, 11) is 0. The number of hydrogen-bond acceptors (Lipinski definition) is 5. The number of benzene rings is 1. The Morgan fingerprint density at radius 3 is 2.88 bits per heavy atom. The molecule has 0 spiro atoms. The first-order valence-corrected chi connectivity index (χ1v) is 9.46. The third-order valence-corrected chi connectivity index (χ3v) is 4.56. The molecule has 7 heteroatoms. The predicted molar refractivity (Wildman–Crippen MR) is 102 cm³/mol. The number of thiazole rings is 1. The molecule has 0 atom stereocenters. The van der Waals surface area contributed by atoms with Gasteiger partial charge in [-0.25, -0.2) is 4.98 Å². The third-order valence-electron chi connectivity index (χ3n) is 3.93. The highest BCUT2D eigenvalue weighted by molar-refractivity contribution is 7.07. The lowest BCUT2D eigenvalue weighted by atomic mass is 10.2. The molecule has 0 radical (unpaired) electrons. The number of rotatable bonds is 8. The van der Waals surface area contributed by atoms with Crippen LogP contribution in [0.2, 0.25) is 0 Å². The van der Waals surface area contributed by atoms with E-state index < -0.39 is 0 Å². The highest BCUT2D eigenvalue weighted by Gasteiger charge is 2.12. The number of carbonyl (C=O) groups excluding carboxylic acids is 1. The molecule has 1 N–H and O–H groups in total. The summed E-state index contributed by atoms with van der Waals surface area (Å²) in [4.78, 5) is 16.7. The molecule has 0 bridgehead atoms. The standard InChI is InChI=1S/C19H22N4O2S/c1-14-10-15(2)23(22-14)9-5-8-20-19(24)17-6-3-4-7-18(17)25-11-16-12-26-13-21-16/h3-4,6-7,10,12-13H,5,8-9,11H2,1-2H3,(H,20,24). The molecule has 0 unspecified atom stereocenters. The van der Waals surface area contributed by atoms with E-state index in [2.05, 4.69) is 21.5 Å². The van der Waals surface area contributed by atoms with Gasteiger partial charge < -0.3 is 10.1 Å². The van der Waals surface area contributed by atoms with Gasteiger partial charge in [-0.3, -0.25) is 9.48 Å². The fourth-order valence-corrected chi connectivity index (χ4v) is 3.21. The van der Waals surface area contributed by atoms with Crippen LogP contribution in [-0.2, 0) is 13.2 Å². The normalized spacial score (nSPS) is 10.7. The van der Waals surface area contributed by atoms with Crippen molar-refractivity contribution in [2.24, 2.45) is 0 Å². The van der Waals surface area contributed by atoms with Crippen LogP contribution in [0.4, 0.5) is 0 Å². The Bertz CT molecular complexity index is 858. The molecular formula is C19H22N4O2S. The van der Waals surface area contributed by atoms with Gasteiger partial charge in [-0.05, 0) is 38.5 Å². The highest BCUT2D eigenvalue weighted by Crippen LogP contribution is 2.19. The molecule has 1 aromatic carbocycles. The van der Waals surface area contributed by atoms with Gasteiger partial charge in [0.2, 0.25) is 0 Å². The number of hydrogen-bond donors (Lipinski definition) is 1. The number of ether oxygens (including phenoxy) is 1. The van der Waals surface area contributed by atoms with Crippen molar-refractivity contribution < 1.29 is 9.53 Å². The van der Waals surface area contributed by atoms with E-state index in [9.17, 15) is 4.79 Å². The van der Waals surface area contributed by atoms with Crippen LogP contribution in [0.15, 0.2) is 41.2 Å². The lowest BCUT2D eigenvalue weighted by Crippen LogP contribution is -2.26. The Morgan fingerprint density at radius 1 is 1.31 bits per heavy atom. The van der Waals surface area contributed by atoms with Gasteiger partial charge in [-0.2, -0.15) is 5.10 Å². The van der Waals surface area contributed by atoms with Gasteiger partial charge in [0, 0.05) is 24.2 Å². The van der Waals surface area contributed by atoms with E-state index in [1.807, 2.05) is 36.0 Å². The summed E-state index contributed by atoms with van der Waals surface area (Å²) in [5.74, 6) is 0.434. The molecule has 6 nitrogen and oxygen atoms in total. The van der Waals surface area contributed by atoms with Gasteiger partial charge in [-0.15, -0.1) is 11.3 Å². The van der Waals surface area contributed by atoms with Crippen LogP contribution in [0.5, 0.6) is 5.75 Å².